The van der Waals surface area contributed by atoms with Crippen molar-refractivity contribution in [1.82, 2.24) is 14.9 Å². The maximum absolute atomic E-state index is 13.5. The number of aromatic nitrogens is 2. The SMILES string of the molecule is Cc1ccc(S(=O)(=O)N2C[C@H](C(=O)NCc3ccc(-n4ccnc4C)cc3)Oc3ccccc32)cc1. The summed E-state index contributed by atoms with van der Waals surface area (Å²) in [6.45, 7) is 3.98. The molecule has 3 aromatic carbocycles. The summed E-state index contributed by atoms with van der Waals surface area (Å²) >= 11 is 0. The number of sulfonamides is 1. The van der Waals surface area contributed by atoms with Gasteiger partial charge in [0.25, 0.3) is 15.9 Å². The van der Waals surface area contributed by atoms with Crippen molar-refractivity contribution in [3.05, 3.63) is 102 Å². The van der Waals surface area contributed by atoms with Gasteiger partial charge in [-0.25, -0.2) is 13.4 Å². The van der Waals surface area contributed by atoms with Crippen LogP contribution < -0.4 is 14.4 Å². The lowest BCUT2D eigenvalue weighted by Crippen LogP contribution is -2.50. The lowest BCUT2D eigenvalue weighted by Gasteiger charge is -2.34. The molecule has 0 bridgehead atoms. The van der Waals surface area contributed by atoms with Gasteiger partial charge in [-0.3, -0.25) is 9.10 Å². The highest BCUT2D eigenvalue weighted by Crippen LogP contribution is 2.36. The number of nitrogens with one attached hydrogen (secondary N) is 1. The first-order chi connectivity index (χ1) is 17.3. The summed E-state index contributed by atoms with van der Waals surface area (Å²) in [5.74, 6) is 0.846. The summed E-state index contributed by atoms with van der Waals surface area (Å²) < 4.78 is 36.1. The number of fused-ring (bicyclic) bond motifs is 1. The van der Waals surface area contributed by atoms with Crippen molar-refractivity contribution in [2.24, 2.45) is 0 Å². The molecule has 5 rings (SSSR count). The number of carbonyl (C=O) groups excluding carboxylic acids is 1. The molecule has 9 heteroatoms. The average molecular weight is 503 g/mol. The first kappa shape index (κ1) is 23.6. The van der Waals surface area contributed by atoms with Gasteiger partial charge < -0.3 is 14.6 Å². The second-order valence-corrected chi connectivity index (χ2v) is 10.5. The first-order valence-corrected chi connectivity index (χ1v) is 13.0. The fraction of sp³-hybridized carbons (Fsp3) is 0.185. The largest absolute Gasteiger partial charge is 0.476 e. The summed E-state index contributed by atoms with van der Waals surface area (Å²) in [5, 5.41) is 2.88. The number of aryl methyl sites for hydroxylation is 2. The fourth-order valence-corrected chi connectivity index (χ4v) is 5.61. The normalized spacial score (nSPS) is 15.2. The van der Waals surface area contributed by atoms with Crippen LogP contribution in [0, 0.1) is 13.8 Å². The number of amides is 1. The molecule has 0 fully saturated rings. The summed E-state index contributed by atoms with van der Waals surface area (Å²) in [6.07, 6.45) is 2.64. The Balaban J connectivity index is 1.32. The predicted molar refractivity (Wildman–Crippen MR) is 137 cm³/mol. The van der Waals surface area contributed by atoms with E-state index in [4.69, 9.17) is 4.74 Å². The van der Waals surface area contributed by atoms with E-state index in [9.17, 15) is 13.2 Å². The number of ether oxygens (including phenoxy) is 1. The molecule has 1 N–H and O–H groups in total. The van der Waals surface area contributed by atoms with Crippen molar-refractivity contribution in [3.8, 4) is 11.4 Å². The number of rotatable bonds is 6. The van der Waals surface area contributed by atoms with Gasteiger partial charge in [-0.05, 0) is 55.8 Å². The number of nitrogens with zero attached hydrogens (tertiary/aromatic N) is 3. The quantitative estimate of drug-likeness (QED) is 0.433. The molecule has 1 aliphatic heterocycles. The first-order valence-electron chi connectivity index (χ1n) is 11.5. The number of para-hydroxylation sites is 2. The zero-order valence-electron chi connectivity index (χ0n) is 20.0. The molecule has 1 atom stereocenters. The Morgan fingerprint density at radius 2 is 1.75 bits per heavy atom. The molecule has 0 aliphatic carbocycles. The molecular weight excluding hydrogens is 476 g/mol. The molecule has 0 saturated heterocycles. The summed E-state index contributed by atoms with van der Waals surface area (Å²) in [7, 11) is -3.89. The maximum atomic E-state index is 13.5. The van der Waals surface area contributed by atoms with E-state index in [2.05, 4.69) is 10.3 Å². The molecule has 0 radical (unpaired) electrons. The molecule has 2 heterocycles. The van der Waals surface area contributed by atoms with Gasteiger partial charge in [-0.15, -0.1) is 0 Å². The molecule has 0 spiro atoms. The fourth-order valence-electron chi connectivity index (χ4n) is 4.13. The van der Waals surface area contributed by atoms with E-state index in [1.807, 2.05) is 48.9 Å². The maximum Gasteiger partial charge on any atom is 0.264 e. The third-order valence-electron chi connectivity index (χ3n) is 6.14. The van der Waals surface area contributed by atoms with Gasteiger partial charge >= 0.3 is 0 Å². The van der Waals surface area contributed by atoms with Gasteiger partial charge in [-0.1, -0.05) is 42.0 Å². The highest BCUT2D eigenvalue weighted by atomic mass is 32.2. The monoisotopic (exact) mass is 502 g/mol. The third kappa shape index (κ3) is 4.57. The van der Waals surface area contributed by atoms with Gasteiger partial charge in [0, 0.05) is 24.6 Å². The molecule has 4 aromatic rings. The van der Waals surface area contributed by atoms with Crippen molar-refractivity contribution in [3.63, 3.8) is 0 Å². The lowest BCUT2D eigenvalue weighted by molar-refractivity contribution is -0.127. The minimum atomic E-state index is -3.89. The average Bonchev–Trinajstić information content (AvgIpc) is 3.32. The van der Waals surface area contributed by atoms with Crippen LogP contribution in [0.15, 0.2) is 90.1 Å². The van der Waals surface area contributed by atoms with Gasteiger partial charge in [0.2, 0.25) is 0 Å². The molecule has 0 unspecified atom stereocenters. The van der Waals surface area contributed by atoms with Crippen LogP contribution in [0.2, 0.25) is 0 Å². The Morgan fingerprint density at radius 1 is 1.03 bits per heavy atom. The van der Waals surface area contributed by atoms with Crippen LogP contribution in [0.3, 0.4) is 0 Å². The molecule has 184 valence electrons. The van der Waals surface area contributed by atoms with E-state index in [0.29, 0.717) is 11.4 Å². The second-order valence-electron chi connectivity index (χ2n) is 8.65. The van der Waals surface area contributed by atoms with Gasteiger partial charge in [-0.2, -0.15) is 0 Å². The molecule has 36 heavy (non-hydrogen) atoms. The van der Waals surface area contributed by atoms with Crippen LogP contribution in [0.4, 0.5) is 5.69 Å². The topological polar surface area (TPSA) is 93.5 Å². The lowest BCUT2D eigenvalue weighted by atomic mass is 10.2. The third-order valence-corrected chi connectivity index (χ3v) is 7.94. The number of anilines is 1. The highest BCUT2D eigenvalue weighted by molar-refractivity contribution is 7.92. The summed E-state index contributed by atoms with van der Waals surface area (Å²) in [4.78, 5) is 17.5. The minimum Gasteiger partial charge on any atom is -0.476 e. The van der Waals surface area contributed by atoms with E-state index in [1.165, 1.54) is 4.31 Å². The Labute approximate surface area is 210 Å². The summed E-state index contributed by atoms with van der Waals surface area (Å²) in [6, 6.07) is 21.3. The van der Waals surface area contributed by atoms with Crippen LogP contribution in [-0.4, -0.2) is 36.5 Å². The van der Waals surface area contributed by atoms with Crippen LogP contribution in [0.5, 0.6) is 5.75 Å². The Morgan fingerprint density at radius 3 is 2.44 bits per heavy atom. The van der Waals surface area contributed by atoms with E-state index in [-0.39, 0.29) is 23.9 Å². The standard InChI is InChI=1S/C27H26N4O4S/c1-19-7-13-23(14-8-19)36(33,34)31-18-26(35-25-6-4-3-5-24(25)31)27(32)29-17-21-9-11-22(12-10-21)30-16-15-28-20(30)2/h3-16,26H,17-18H2,1-2H3,(H,29,32)/t26-/m1/s1. The van der Waals surface area contributed by atoms with Crippen molar-refractivity contribution < 1.29 is 17.9 Å². The molecule has 0 saturated carbocycles. The smallest absolute Gasteiger partial charge is 0.264 e. The van der Waals surface area contributed by atoms with E-state index in [0.717, 1.165) is 22.6 Å². The Hall–Kier alpha value is -4.11. The molecule has 1 amide bonds. The van der Waals surface area contributed by atoms with Crippen molar-refractivity contribution in [2.75, 3.05) is 10.8 Å². The Kier molecular flexibility index (Phi) is 6.24. The molecular formula is C27H26N4O4S. The molecule has 1 aliphatic rings. The predicted octanol–water partition coefficient (Wildman–Crippen LogP) is 3.76. The van der Waals surface area contributed by atoms with Gasteiger partial charge in [0.05, 0.1) is 17.1 Å². The number of carbonyl (C=O) groups is 1. The highest BCUT2D eigenvalue weighted by Gasteiger charge is 2.37. The van der Waals surface area contributed by atoms with Crippen molar-refractivity contribution in [2.45, 2.75) is 31.4 Å². The van der Waals surface area contributed by atoms with Crippen molar-refractivity contribution in [1.29, 1.82) is 0 Å². The van der Waals surface area contributed by atoms with Gasteiger partial charge in [0.15, 0.2) is 6.10 Å². The van der Waals surface area contributed by atoms with Crippen molar-refractivity contribution >= 4 is 21.6 Å². The van der Waals surface area contributed by atoms with Crippen LogP contribution in [-0.2, 0) is 21.4 Å². The molecule has 1 aromatic heterocycles. The zero-order valence-corrected chi connectivity index (χ0v) is 20.8. The van der Waals surface area contributed by atoms with Gasteiger partial charge in [0.1, 0.15) is 11.6 Å². The summed E-state index contributed by atoms with van der Waals surface area (Å²) in [5.41, 5.74) is 3.25. The van der Waals surface area contributed by atoms with E-state index >= 15 is 0 Å². The number of hydrogen-bond acceptors (Lipinski definition) is 5. The number of benzene rings is 3. The van der Waals surface area contributed by atoms with Crippen LogP contribution in [0.1, 0.15) is 17.0 Å². The van der Waals surface area contributed by atoms with Crippen LogP contribution in [0.25, 0.3) is 5.69 Å². The zero-order chi connectivity index (χ0) is 25.3. The number of hydrogen-bond donors (Lipinski definition) is 1. The molecule has 8 nitrogen and oxygen atoms in total. The van der Waals surface area contributed by atoms with E-state index < -0.39 is 16.1 Å². The number of imidazole rings is 1. The second kappa shape index (κ2) is 9.50. The minimum absolute atomic E-state index is 0.127. The van der Waals surface area contributed by atoms with Crippen LogP contribution >= 0.6 is 0 Å². The Bertz CT molecular complexity index is 1500. The van der Waals surface area contributed by atoms with E-state index in [1.54, 1.807) is 54.7 Å².